The fourth-order valence-corrected chi connectivity index (χ4v) is 2.99. The summed E-state index contributed by atoms with van der Waals surface area (Å²) in [5.41, 5.74) is -2.95. The maximum atomic E-state index is 13.0. The van der Waals surface area contributed by atoms with E-state index in [-0.39, 0.29) is 23.5 Å². The number of alkyl halides is 6. The number of piperidine rings is 1. The Morgan fingerprint density at radius 2 is 1.50 bits per heavy atom. The number of amides is 1. The van der Waals surface area contributed by atoms with Crippen molar-refractivity contribution in [2.45, 2.75) is 38.2 Å². The van der Waals surface area contributed by atoms with Crippen molar-refractivity contribution in [3.8, 4) is 0 Å². The van der Waals surface area contributed by atoms with Crippen LogP contribution < -0.4 is 5.32 Å². The van der Waals surface area contributed by atoms with E-state index in [1.54, 1.807) is 0 Å². The number of hydrogen-bond acceptors (Lipinski definition) is 2. The molecule has 0 radical (unpaired) electrons. The smallest absolute Gasteiger partial charge is 0.339 e. The van der Waals surface area contributed by atoms with Gasteiger partial charge in [-0.15, -0.1) is 0 Å². The molecule has 26 heavy (non-hydrogen) atoms. The predicted molar refractivity (Wildman–Crippen MR) is 83.2 cm³/mol. The fraction of sp³-hybridized carbons (Fsp3) is 0.588. The lowest BCUT2D eigenvalue weighted by atomic mass is 9.94. The lowest BCUT2D eigenvalue weighted by molar-refractivity contribution is -0.143. The van der Waals surface area contributed by atoms with Gasteiger partial charge in [0.25, 0.3) is 0 Å². The van der Waals surface area contributed by atoms with Crippen molar-refractivity contribution in [1.29, 1.82) is 0 Å². The topological polar surface area (TPSA) is 32.3 Å². The number of nitrogens with zero attached hydrogens (tertiary/aromatic N) is 1. The van der Waals surface area contributed by atoms with Crippen LogP contribution in [0.3, 0.4) is 0 Å². The van der Waals surface area contributed by atoms with Crippen LogP contribution in [0.15, 0.2) is 18.2 Å². The molecule has 0 spiro atoms. The summed E-state index contributed by atoms with van der Waals surface area (Å²) in [6.45, 7) is 2.73. The Morgan fingerprint density at radius 3 is 1.92 bits per heavy atom. The van der Waals surface area contributed by atoms with Gasteiger partial charge in [-0.3, -0.25) is 4.79 Å². The molecule has 0 saturated carbocycles. The highest BCUT2D eigenvalue weighted by molar-refractivity contribution is 5.79. The lowest BCUT2D eigenvalue weighted by Gasteiger charge is -2.31. The minimum atomic E-state index is -4.91. The molecule has 1 aromatic carbocycles. The van der Waals surface area contributed by atoms with Crippen LogP contribution in [0.25, 0.3) is 0 Å². The van der Waals surface area contributed by atoms with Crippen LogP contribution in [0.4, 0.5) is 26.3 Å². The zero-order valence-corrected chi connectivity index (χ0v) is 14.3. The van der Waals surface area contributed by atoms with E-state index in [0.29, 0.717) is 38.1 Å². The minimum absolute atomic E-state index is 0.0881. The van der Waals surface area contributed by atoms with Gasteiger partial charge in [-0.1, -0.05) is 0 Å². The Morgan fingerprint density at radius 1 is 1.04 bits per heavy atom. The molecule has 0 aliphatic carbocycles. The lowest BCUT2D eigenvalue weighted by Crippen LogP contribution is -2.40. The second-order valence-electron chi connectivity index (χ2n) is 6.49. The third kappa shape index (κ3) is 4.69. The Bertz CT molecular complexity index is 617. The Kier molecular flexibility index (Phi) is 5.89. The standard InChI is InChI=1S/C17H20F6N2O/c1-10(25(2)15(26)11-3-5-24-6-4-11)12-7-13(16(18,19)20)9-14(8-12)17(21,22)23/h7-11,24H,3-6H2,1-2H3. The second-order valence-corrected chi connectivity index (χ2v) is 6.49. The van der Waals surface area contributed by atoms with E-state index in [2.05, 4.69) is 5.32 Å². The Balaban J connectivity index is 2.34. The molecule has 1 fully saturated rings. The van der Waals surface area contributed by atoms with Gasteiger partial charge in [-0.05, 0) is 56.6 Å². The summed E-state index contributed by atoms with van der Waals surface area (Å²) in [6, 6.07) is 0.518. The van der Waals surface area contributed by atoms with Crippen LogP contribution >= 0.6 is 0 Å². The van der Waals surface area contributed by atoms with Gasteiger partial charge in [-0.2, -0.15) is 26.3 Å². The van der Waals surface area contributed by atoms with Crippen LogP contribution in [-0.2, 0) is 17.1 Å². The SMILES string of the molecule is CC(c1cc(C(F)(F)F)cc(C(F)(F)F)c1)N(C)C(=O)C1CCNCC1. The van der Waals surface area contributed by atoms with Gasteiger partial charge in [0.15, 0.2) is 0 Å². The van der Waals surface area contributed by atoms with Gasteiger partial charge in [0.2, 0.25) is 5.91 Å². The van der Waals surface area contributed by atoms with Crippen LogP contribution in [0.5, 0.6) is 0 Å². The molecule has 146 valence electrons. The van der Waals surface area contributed by atoms with Gasteiger partial charge in [0.1, 0.15) is 0 Å². The van der Waals surface area contributed by atoms with Crippen LogP contribution in [0, 0.1) is 5.92 Å². The van der Waals surface area contributed by atoms with E-state index in [1.165, 1.54) is 18.9 Å². The first kappa shape index (κ1) is 20.5. The van der Waals surface area contributed by atoms with E-state index >= 15 is 0 Å². The third-order valence-electron chi connectivity index (χ3n) is 4.71. The molecule has 1 N–H and O–H groups in total. The van der Waals surface area contributed by atoms with Crippen LogP contribution in [-0.4, -0.2) is 30.9 Å². The predicted octanol–water partition coefficient (Wildman–Crippen LogP) is 4.24. The third-order valence-corrected chi connectivity index (χ3v) is 4.71. The molecule has 1 aliphatic heterocycles. The fourth-order valence-electron chi connectivity index (χ4n) is 2.99. The zero-order valence-electron chi connectivity index (χ0n) is 14.3. The molecule has 1 unspecified atom stereocenters. The van der Waals surface area contributed by atoms with E-state index < -0.39 is 29.5 Å². The Hall–Kier alpha value is -1.77. The monoisotopic (exact) mass is 382 g/mol. The van der Waals surface area contributed by atoms with E-state index in [4.69, 9.17) is 0 Å². The second kappa shape index (κ2) is 7.46. The molecule has 0 bridgehead atoms. The molecular formula is C17H20F6N2O. The highest BCUT2D eigenvalue weighted by Crippen LogP contribution is 2.38. The molecule has 0 aromatic heterocycles. The Labute approximate surface area is 147 Å². The molecule has 1 atom stereocenters. The number of hydrogen-bond donors (Lipinski definition) is 1. The number of rotatable bonds is 3. The summed E-state index contributed by atoms with van der Waals surface area (Å²) in [4.78, 5) is 13.8. The summed E-state index contributed by atoms with van der Waals surface area (Å²) in [7, 11) is 1.41. The highest BCUT2D eigenvalue weighted by atomic mass is 19.4. The van der Waals surface area contributed by atoms with Crippen molar-refractivity contribution in [1.82, 2.24) is 10.2 Å². The summed E-state index contributed by atoms with van der Waals surface area (Å²) in [5.74, 6) is -0.554. The molecule has 9 heteroatoms. The number of nitrogens with one attached hydrogen (secondary N) is 1. The number of benzene rings is 1. The van der Waals surface area contributed by atoms with Gasteiger partial charge in [-0.25, -0.2) is 0 Å². The summed E-state index contributed by atoms with van der Waals surface area (Å²) in [6.07, 6.45) is -8.64. The van der Waals surface area contributed by atoms with Gasteiger partial charge >= 0.3 is 12.4 Å². The molecule has 2 rings (SSSR count). The van der Waals surface area contributed by atoms with E-state index in [0.717, 1.165) is 0 Å². The van der Waals surface area contributed by atoms with Crippen molar-refractivity contribution in [3.05, 3.63) is 34.9 Å². The van der Waals surface area contributed by atoms with Crippen molar-refractivity contribution >= 4 is 5.91 Å². The maximum Gasteiger partial charge on any atom is 0.416 e. The molecule has 1 heterocycles. The first-order chi connectivity index (χ1) is 11.9. The van der Waals surface area contributed by atoms with Crippen molar-refractivity contribution in [2.75, 3.05) is 20.1 Å². The largest absolute Gasteiger partial charge is 0.416 e. The average molecular weight is 382 g/mol. The summed E-state index contributed by atoms with van der Waals surface area (Å²) >= 11 is 0. The van der Waals surface area contributed by atoms with Crippen LogP contribution in [0.1, 0.15) is 42.5 Å². The minimum Gasteiger partial charge on any atom is -0.339 e. The summed E-state index contributed by atoms with van der Waals surface area (Å²) in [5, 5.41) is 3.10. The van der Waals surface area contributed by atoms with Gasteiger partial charge < -0.3 is 10.2 Å². The first-order valence-corrected chi connectivity index (χ1v) is 8.18. The first-order valence-electron chi connectivity index (χ1n) is 8.18. The molecule has 1 aromatic rings. The normalized spacial score (nSPS) is 17.8. The number of halogens is 6. The van der Waals surface area contributed by atoms with E-state index in [1.807, 2.05) is 0 Å². The summed E-state index contributed by atoms with van der Waals surface area (Å²) < 4.78 is 78.0. The van der Waals surface area contributed by atoms with E-state index in [9.17, 15) is 31.1 Å². The van der Waals surface area contributed by atoms with Gasteiger partial charge in [0.05, 0.1) is 17.2 Å². The highest BCUT2D eigenvalue weighted by Gasteiger charge is 2.38. The molecular weight excluding hydrogens is 362 g/mol. The van der Waals surface area contributed by atoms with Crippen molar-refractivity contribution < 1.29 is 31.1 Å². The maximum absolute atomic E-state index is 13.0. The molecule has 1 aliphatic rings. The number of carbonyl (C=O) groups excluding carboxylic acids is 1. The van der Waals surface area contributed by atoms with Crippen molar-refractivity contribution in [2.24, 2.45) is 5.92 Å². The quantitative estimate of drug-likeness (QED) is 0.793. The van der Waals surface area contributed by atoms with Crippen molar-refractivity contribution in [3.63, 3.8) is 0 Å². The molecule has 1 amide bonds. The average Bonchev–Trinajstić information content (AvgIpc) is 2.58. The molecule has 1 saturated heterocycles. The zero-order chi connectivity index (χ0) is 19.7. The molecule has 3 nitrogen and oxygen atoms in total. The number of carbonyl (C=O) groups is 1. The van der Waals surface area contributed by atoms with Gasteiger partial charge in [0, 0.05) is 13.0 Å². The van der Waals surface area contributed by atoms with Crippen LogP contribution in [0.2, 0.25) is 0 Å².